The first kappa shape index (κ1) is 11.7. The number of nitriles is 1. The van der Waals surface area contributed by atoms with Gasteiger partial charge in [-0.25, -0.2) is 0 Å². The Hall–Kier alpha value is -1.37. The van der Waals surface area contributed by atoms with Crippen molar-refractivity contribution in [3.05, 3.63) is 35.4 Å². The average molecular weight is 242 g/mol. The molecule has 0 bridgehead atoms. The molecule has 94 valence electrons. The quantitative estimate of drug-likeness (QED) is 0.817. The number of hydrogen-bond acceptors (Lipinski definition) is 3. The summed E-state index contributed by atoms with van der Waals surface area (Å²) in [6, 6.07) is 10.9. The van der Waals surface area contributed by atoms with E-state index in [2.05, 4.69) is 35.2 Å². The Labute approximate surface area is 108 Å². The van der Waals surface area contributed by atoms with E-state index in [-0.39, 0.29) is 6.04 Å². The summed E-state index contributed by atoms with van der Waals surface area (Å²) in [5, 5.41) is 9.39. The number of rotatable bonds is 3. The van der Waals surface area contributed by atoms with E-state index in [0.717, 1.165) is 37.8 Å². The first-order chi connectivity index (χ1) is 8.88. The monoisotopic (exact) mass is 242 g/mol. The Morgan fingerprint density at radius 1 is 1.17 bits per heavy atom. The third kappa shape index (κ3) is 2.40. The van der Waals surface area contributed by atoms with Gasteiger partial charge in [0.15, 0.2) is 0 Å². The smallest absolute Gasteiger partial charge is 0.124 e. The molecule has 2 aliphatic rings. The Morgan fingerprint density at radius 2 is 1.83 bits per heavy atom. The van der Waals surface area contributed by atoms with Crippen molar-refractivity contribution >= 4 is 0 Å². The fraction of sp³-hybridized carbons (Fsp3) is 0.533. The second-order valence-corrected chi connectivity index (χ2v) is 5.12. The second kappa shape index (κ2) is 5.09. The van der Waals surface area contributed by atoms with Gasteiger partial charge >= 0.3 is 0 Å². The SMILES string of the molecule is N#CC(c1ccc(C2CC2)cc1)N1CCOCC1. The molecule has 0 N–H and O–H groups in total. The van der Waals surface area contributed by atoms with Crippen LogP contribution >= 0.6 is 0 Å². The van der Waals surface area contributed by atoms with Gasteiger partial charge in [-0.2, -0.15) is 5.26 Å². The molecule has 3 nitrogen and oxygen atoms in total. The lowest BCUT2D eigenvalue weighted by Crippen LogP contribution is -2.38. The van der Waals surface area contributed by atoms with E-state index in [9.17, 15) is 5.26 Å². The molecule has 1 heterocycles. The van der Waals surface area contributed by atoms with Crippen molar-refractivity contribution in [2.45, 2.75) is 24.8 Å². The van der Waals surface area contributed by atoms with E-state index in [1.165, 1.54) is 18.4 Å². The van der Waals surface area contributed by atoms with Crippen molar-refractivity contribution in [1.82, 2.24) is 4.90 Å². The fourth-order valence-corrected chi connectivity index (χ4v) is 2.57. The molecule has 1 aliphatic carbocycles. The lowest BCUT2D eigenvalue weighted by molar-refractivity contribution is 0.0266. The summed E-state index contributed by atoms with van der Waals surface area (Å²) >= 11 is 0. The molecule has 2 fully saturated rings. The van der Waals surface area contributed by atoms with Crippen LogP contribution in [0.1, 0.15) is 35.9 Å². The van der Waals surface area contributed by atoms with Crippen molar-refractivity contribution in [1.29, 1.82) is 5.26 Å². The van der Waals surface area contributed by atoms with Crippen molar-refractivity contribution in [3.8, 4) is 6.07 Å². The number of benzene rings is 1. The number of nitrogens with zero attached hydrogens (tertiary/aromatic N) is 2. The molecule has 1 saturated carbocycles. The summed E-state index contributed by atoms with van der Waals surface area (Å²) in [5.41, 5.74) is 2.54. The predicted octanol–water partition coefficient (Wildman–Crippen LogP) is 2.46. The summed E-state index contributed by atoms with van der Waals surface area (Å²) in [6.07, 6.45) is 2.65. The minimum absolute atomic E-state index is 0.123. The Kier molecular flexibility index (Phi) is 3.31. The van der Waals surface area contributed by atoms with Crippen LogP contribution in [0.4, 0.5) is 0 Å². The summed E-state index contributed by atoms with van der Waals surface area (Å²) < 4.78 is 5.34. The summed E-state index contributed by atoms with van der Waals surface area (Å²) in [4.78, 5) is 2.20. The lowest BCUT2D eigenvalue weighted by Gasteiger charge is -2.30. The third-order valence-electron chi connectivity index (χ3n) is 3.83. The number of morpholine rings is 1. The van der Waals surface area contributed by atoms with Gasteiger partial charge in [0, 0.05) is 13.1 Å². The van der Waals surface area contributed by atoms with Crippen molar-refractivity contribution in [3.63, 3.8) is 0 Å². The molecule has 1 saturated heterocycles. The van der Waals surface area contributed by atoms with Gasteiger partial charge in [0.25, 0.3) is 0 Å². The average Bonchev–Trinajstić information content (AvgIpc) is 3.26. The molecule has 0 radical (unpaired) electrons. The van der Waals surface area contributed by atoms with Crippen molar-refractivity contribution < 1.29 is 4.74 Å². The van der Waals surface area contributed by atoms with Gasteiger partial charge in [-0.1, -0.05) is 24.3 Å². The second-order valence-electron chi connectivity index (χ2n) is 5.12. The highest BCUT2D eigenvalue weighted by Gasteiger charge is 2.25. The Morgan fingerprint density at radius 3 is 2.39 bits per heavy atom. The van der Waals surface area contributed by atoms with Crippen molar-refractivity contribution in [2.24, 2.45) is 0 Å². The molecule has 1 aromatic rings. The van der Waals surface area contributed by atoms with Crippen LogP contribution in [0, 0.1) is 11.3 Å². The molecule has 3 heteroatoms. The third-order valence-corrected chi connectivity index (χ3v) is 3.83. The lowest BCUT2D eigenvalue weighted by atomic mass is 10.0. The van der Waals surface area contributed by atoms with Gasteiger partial charge in [0.1, 0.15) is 6.04 Å². The maximum absolute atomic E-state index is 9.39. The van der Waals surface area contributed by atoms with Crippen LogP contribution in [0.15, 0.2) is 24.3 Å². The van der Waals surface area contributed by atoms with E-state index in [0.29, 0.717) is 0 Å². The first-order valence-electron chi connectivity index (χ1n) is 6.70. The number of hydrogen-bond donors (Lipinski definition) is 0. The molecule has 18 heavy (non-hydrogen) atoms. The first-order valence-corrected chi connectivity index (χ1v) is 6.70. The van der Waals surface area contributed by atoms with Crippen LogP contribution in [-0.4, -0.2) is 31.2 Å². The topological polar surface area (TPSA) is 36.3 Å². The van der Waals surface area contributed by atoms with Crippen LogP contribution in [0.3, 0.4) is 0 Å². The predicted molar refractivity (Wildman–Crippen MR) is 69.2 cm³/mol. The summed E-state index contributed by atoms with van der Waals surface area (Å²) in [5.74, 6) is 0.781. The normalized spacial score (nSPS) is 22.4. The zero-order valence-electron chi connectivity index (χ0n) is 10.5. The van der Waals surface area contributed by atoms with Crippen LogP contribution in [0.25, 0.3) is 0 Å². The maximum Gasteiger partial charge on any atom is 0.124 e. The van der Waals surface area contributed by atoms with E-state index >= 15 is 0 Å². The molecule has 0 spiro atoms. The molecule has 1 aromatic carbocycles. The van der Waals surface area contributed by atoms with Gasteiger partial charge in [-0.15, -0.1) is 0 Å². The van der Waals surface area contributed by atoms with Crippen molar-refractivity contribution in [2.75, 3.05) is 26.3 Å². The van der Waals surface area contributed by atoms with E-state index in [1.807, 2.05) is 0 Å². The minimum atomic E-state index is -0.123. The molecule has 1 aliphatic heterocycles. The highest BCUT2D eigenvalue weighted by Crippen LogP contribution is 2.40. The molecule has 0 amide bonds. The van der Waals surface area contributed by atoms with E-state index in [1.54, 1.807) is 0 Å². The number of ether oxygens (including phenoxy) is 1. The van der Waals surface area contributed by atoms with Gasteiger partial charge in [0.05, 0.1) is 19.3 Å². The minimum Gasteiger partial charge on any atom is -0.379 e. The van der Waals surface area contributed by atoms with Gasteiger partial charge in [-0.05, 0) is 29.9 Å². The molecule has 1 atom stereocenters. The van der Waals surface area contributed by atoms with Gasteiger partial charge < -0.3 is 4.74 Å². The van der Waals surface area contributed by atoms with Gasteiger partial charge in [0.2, 0.25) is 0 Å². The maximum atomic E-state index is 9.39. The summed E-state index contributed by atoms with van der Waals surface area (Å²) in [7, 11) is 0. The standard InChI is InChI=1S/C15H18N2O/c16-11-15(17-7-9-18-10-8-17)14-5-3-13(4-6-14)12-1-2-12/h3-6,12,15H,1-2,7-10H2. The molecule has 1 unspecified atom stereocenters. The highest BCUT2D eigenvalue weighted by atomic mass is 16.5. The molecule has 3 rings (SSSR count). The zero-order chi connectivity index (χ0) is 12.4. The molecular formula is C15H18N2O. The van der Waals surface area contributed by atoms with E-state index in [4.69, 9.17) is 4.74 Å². The molecular weight excluding hydrogens is 224 g/mol. The Balaban J connectivity index is 1.75. The van der Waals surface area contributed by atoms with Gasteiger partial charge in [-0.3, -0.25) is 4.90 Å². The summed E-state index contributed by atoms with van der Waals surface area (Å²) in [6.45, 7) is 3.17. The largest absolute Gasteiger partial charge is 0.379 e. The Bertz CT molecular complexity index is 439. The zero-order valence-corrected chi connectivity index (χ0v) is 10.5. The van der Waals surface area contributed by atoms with Crippen LogP contribution in [0.2, 0.25) is 0 Å². The van der Waals surface area contributed by atoms with Crippen LogP contribution < -0.4 is 0 Å². The van der Waals surface area contributed by atoms with Crippen LogP contribution in [-0.2, 0) is 4.74 Å². The molecule has 0 aromatic heterocycles. The fourth-order valence-electron chi connectivity index (χ4n) is 2.57. The van der Waals surface area contributed by atoms with Crippen LogP contribution in [0.5, 0.6) is 0 Å². The van der Waals surface area contributed by atoms with E-state index < -0.39 is 0 Å². The highest BCUT2D eigenvalue weighted by molar-refractivity contribution is 5.32.